The van der Waals surface area contributed by atoms with Crippen molar-refractivity contribution in [2.45, 2.75) is 25.3 Å². The summed E-state index contributed by atoms with van der Waals surface area (Å²) in [6.45, 7) is 5.12. The molecule has 0 saturated carbocycles. The number of carbonyl (C=O) groups excluding carboxylic acids is 1. The van der Waals surface area contributed by atoms with Crippen LogP contribution in [-0.4, -0.2) is 31.1 Å². The molecule has 1 aliphatic carbocycles. The fraction of sp³-hybridized carbons (Fsp3) is 0.273. The minimum atomic E-state index is -0.0114. The van der Waals surface area contributed by atoms with Crippen LogP contribution < -0.4 is 4.90 Å². The monoisotopic (exact) mass is 330 g/mol. The first-order valence-electron chi connectivity index (χ1n) is 8.69. The maximum Gasteiger partial charge on any atom is 0.204 e. The first kappa shape index (κ1) is 15.8. The number of nitrogens with zero attached hydrogens (tertiary/aromatic N) is 2. The SMILES string of the molecule is CN1c2ccccc2C(C)(C)C1C/N=C1\C(=O)C=Cc2ccccc21. The van der Waals surface area contributed by atoms with Gasteiger partial charge in [-0.25, -0.2) is 0 Å². The highest BCUT2D eigenvalue weighted by molar-refractivity contribution is 6.52. The Hall–Kier alpha value is -2.68. The summed E-state index contributed by atoms with van der Waals surface area (Å²) in [7, 11) is 2.12. The van der Waals surface area contributed by atoms with Gasteiger partial charge in [-0.2, -0.15) is 0 Å². The second kappa shape index (κ2) is 5.69. The predicted octanol–water partition coefficient (Wildman–Crippen LogP) is 3.87. The quantitative estimate of drug-likeness (QED) is 0.837. The van der Waals surface area contributed by atoms with E-state index < -0.39 is 0 Å². The van der Waals surface area contributed by atoms with Gasteiger partial charge < -0.3 is 4.90 Å². The Morgan fingerprint density at radius 1 is 1.04 bits per heavy atom. The highest BCUT2D eigenvalue weighted by atomic mass is 16.1. The summed E-state index contributed by atoms with van der Waals surface area (Å²) in [5, 5.41) is 0. The molecule has 1 atom stereocenters. The Balaban J connectivity index is 1.69. The average molecular weight is 330 g/mol. The fourth-order valence-corrected chi connectivity index (χ4v) is 4.08. The number of rotatable bonds is 2. The third-order valence-electron chi connectivity index (χ3n) is 5.56. The van der Waals surface area contributed by atoms with Crippen LogP contribution in [0.3, 0.4) is 0 Å². The number of allylic oxidation sites excluding steroid dienone is 1. The lowest BCUT2D eigenvalue weighted by atomic mass is 9.80. The van der Waals surface area contributed by atoms with E-state index in [4.69, 9.17) is 4.99 Å². The molecule has 0 N–H and O–H groups in total. The molecule has 0 bridgehead atoms. The van der Waals surface area contributed by atoms with Gasteiger partial charge >= 0.3 is 0 Å². The van der Waals surface area contributed by atoms with Crippen LogP contribution in [0.5, 0.6) is 0 Å². The molecule has 3 heteroatoms. The van der Waals surface area contributed by atoms with E-state index in [2.05, 4.69) is 50.1 Å². The van der Waals surface area contributed by atoms with Crippen LogP contribution in [0.15, 0.2) is 59.6 Å². The van der Waals surface area contributed by atoms with E-state index >= 15 is 0 Å². The van der Waals surface area contributed by atoms with E-state index in [1.807, 2.05) is 30.3 Å². The van der Waals surface area contributed by atoms with Crippen molar-refractivity contribution >= 4 is 23.3 Å². The molecule has 0 aromatic heterocycles. The van der Waals surface area contributed by atoms with Crippen molar-refractivity contribution in [1.82, 2.24) is 0 Å². The third-order valence-corrected chi connectivity index (χ3v) is 5.56. The number of carbonyl (C=O) groups is 1. The van der Waals surface area contributed by atoms with Crippen molar-refractivity contribution in [3.8, 4) is 0 Å². The second-order valence-corrected chi connectivity index (χ2v) is 7.34. The van der Waals surface area contributed by atoms with Crippen LogP contribution in [0, 0.1) is 0 Å². The van der Waals surface area contributed by atoms with Crippen molar-refractivity contribution in [3.05, 3.63) is 71.3 Å². The summed E-state index contributed by atoms with van der Waals surface area (Å²) in [5.74, 6) is -0.00493. The molecular formula is C22H22N2O. The third kappa shape index (κ3) is 2.42. The van der Waals surface area contributed by atoms with E-state index in [1.54, 1.807) is 6.08 Å². The van der Waals surface area contributed by atoms with Gasteiger partial charge in [0.15, 0.2) is 0 Å². The number of aliphatic imine (C=N–C) groups is 1. The number of fused-ring (bicyclic) bond motifs is 2. The van der Waals surface area contributed by atoms with Gasteiger partial charge in [0, 0.05) is 23.7 Å². The zero-order valence-electron chi connectivity index (χ0n) is 14.9. The number of hydrogen-bond acceptors (Lipinski definition) is 3. The van der Waals surface area contributed by atoms with Crippen LogP contribution in [0.4, 0.5) is 5.69 Å². The molecule has 0 saturated heterocycles. The Bertz CT molecular complexity index is 908. The molecule has 0 amide bonds. The molecule has 25 heavy (non-hydrogen) atoms. The van der Waals surface area contributed by atoms with Gasteiger partial charge in [-0.05, 0) is 23.3 Å². The van der Waals surface area contributed by atoms with Gasteiger partial charge in [0.2, 0.25) is 5.78 Å². The Morgan fingerprint density at radius 2 is 1.76 bits per heavy atom. The standard InChI is InChI=1S/C22H22N2O/c1-22(2)17-10-6-7-11-18(17)24(3)20(22)14-23-21-16-9-5-4-8-15(16)12-13-19(21)25/h4-13,20H,14H2,1-3H3/b23-21-. The molecular weight excluding hydrogens is 308 g/mol. The minimum Gasteiger partial charge on any atom is -0.369 e. The van der Waals surface area contributed by atoms with Gasteiger partial charge in [0.05, 0.1) is 12.6 Å². The summed E-state index contributed by atoms with van der Waals surface area (Å²) in [6, 6.07) is 16.7. The molecule has 2 aromatic rings. The zero-order valence-corrected chi connectivity index (χ0v) is 14.9. The molecule has 1 unspecified atom stereocenters. The lowest BCUT2D eigenvalue weighted by Gasteiger charge is -2.31. The van der Waals surface area contributed by atoms with Crippen molar-refractivity contribution in [2.75, 3.05) is 18.5 Å². The minimum absolute atomic E-state index is 0.00493. The maximum atomic E-state index is 12.4. The van der Waals surface area contributed by atoms with Gasteiger partial charge in [-0.3, -0.25) is 9.79 Å². The molecule has 0 radical (unpaired) electrons. The fourth-order valence-electron chi connectivity index (χ4n) is 4.08. The summed E-state index contributed by atoms with van der Waals surface area (Å²) in [4.78, 5) is 19.5. The topological polar surface area (TPSA) is 32.7 Å². The number of hydrogen-bond donors (Lipinski definition) is 0. The molecule has 3 nitrogen and oxygen atoms in total. The molecule has 126 valence electrons. The Kier molecular flexibility index (Phi) is 3.60. The van der Waals surface area contributed by atoms with Crippen LogP contribution in [0.2, 0.25) is 0 Å². The van der Waals surface area contributed by atoms with Crippen LogP contribution in [0.25, 0.3) is 6.08 Å². The lowest BCUT2D eigenvalue weighted by Crippen LogP contribution is -2.42. The summed E-state index contributed by atoms with van der Waals surface area (Å²) < 4.78 is 0. The zero-order chi connectivity index (χ0) is 17.6. The summed E-state index contributed by atoms with van der Waals surface area (Å²) in [6.07, 6.45) is 3.50. The normalized spacial score (nSPS) is 22.2. The highest BCUT2D eigenvalue weighted by Crippen LogP contribution is 2.44. The van der Waals surface area contributed by atoms with E-state index in [0.717, 1.165) is 11.1 Å². The van der Waals surface area contributed by atoms with Crippen LogP contribution in [0.1, 0.15) is 30.5 Å². The number of para-hydroxylation sites is 1. The first-order valence-corrected chi connectivity index (χ1v) is 8.69. The summed E-state index contributed by atoms with van der Waals surface area (Å²) >= 11 is 0. The molecule has 0 fully saturated rings. The predicted molar refractivity (Wildman–Crippen MR) is 104 cm³/mol. The highest BCUT2D eigenvalue weighted by Gasteiger charge is 2.42. The largest absolute Gasteiger partial charge is 0.369 e. The smallest absolute Gasteiger partial charge is 0.204 e. The summed E-state index contributed by atoms with van der Waals surface area (Å²) in [5.41, 5.74) is 5.17. The van der Waals surface area contributed by atoms with E-state index in [0.29, 0.717) is 12.3 Å². The van der Waals surface area contributed by atoms with E-state index in [9.17, 15) is 4.79 Å². The molecule has 2 aliphatic rings. The molecule has 1 heterocycles. The maximum absolute atomic E-state index is 12.4. The van der Waals surface area contributed by atoms with Gasteiger partial charge in [-0.1, -0.05) is 62.4 Å². The van der Waals surface area contributed by atoms with E-state index in [-0.39, 0.29) is 17.2 Å². The average Bonchev–Trinajstić information content (AvgIpc) is 2.81. The molecule has 4 rings (SSSR count). The van der Waals surface area contributed by atoms with Gasteiger partial charge in [-0.15, -0.1) is 0 Å². The van der Waals surface area contributed by atoms with Crippen molar-refractivity contribution < 1.29 is 4.79 Å². The van der Waals surface area contributed by atoms with Crippen molar-refractivity contribution in [3.63, 3.8) is 0 Å². The van der Waals surface area contributed by atoms with Crippen LogP contribution in [-0.2, 0) is 10.2 Å². The number of likely N-dealkylation sites (N-methyl/N-ethyl adjacent to an activating group) is 1. The lowest BCUT2D eigenvalue weighted by molar-refractivity contribution is -0.108. The first-order chi connectivity index (χ1) is 12.0. The second-order valence-electron chi connectivity index (χ2n) is 7.34. The number of benzene rings is 2. The molecule has 0 spiro atoms. The van der Waals surface area contributed by atoms with Crippen LogP contribution >= 0.6 is 0 Å². The van der Waals surface area contributed by atoms with Crippen molar-refractivity contribution in [2.24, 2.45) is 4.99 Å². The number of anilines is 1. The molecule has 1 aliphatic heterocycles. The Morgan fingerprint density at radius 3 is 2.56 bits per heavy atom. The van der Waals surface area contributed by atoms with E-state index in [1.165, 1.54) is 11.3 Å². The number of ketones is 1. The Labute approximate surface area is 148 Å². The van der Waals surface area contributed by atoms with Gasteiger partial charge in [0.1, 0.15) is 5.71 Å². The van der Waals surface area contributed by atoms with Gasteiger partial charge in [0.25, 0.3) is 0 Å². The molecule has 2 aromatic carbocycles. The van der Waals surface area contributed by atoms with Crippen molar-refractivity contribution in [1.29, 1.82) is 0 Å².